The number of nitrogens with one attached hydrogen (secondary N) is 1. The first-order valence-electron chi connectivity index (χ1n) is 10.2. The van der Waals surface area contributed by atoms with E-state index in [2.05, 4.69) is 33.8 Å². The van der Waals surface area contributed by atoms with E-state index >= 15 is 0 Å². The minimum atomic E-state index is -0.239. The van der Waals surface area contributed by atoms with Gasteiger partial charge in [-0.1, -0.05) is 34.3 Å². The number of rotatable bonds is 7. The molecule has 1 unspecified atom stereocenters. The molecule has 0 bridgehead atoms. The van der Waals surface area contributed by atoms with Gasteiger partial charge in [-0.25, -0.2) is 9.38 Å². The summed E-state index contributed by atoms with van der Waals surface area (Å²) in [5, 5.41) is 2.22. The Morgan fingerprint density at radius 2 is 2.03 bits per heavy atom. The summed E-state index contributed by atoms with van der Waals surface area (Å²) >= 11 is 0. The van der Waals surface area contributed by atoms with Crippen molar-refractivity contribution in [2.24, 2.45) is 4.99 Å². The van der Waals surface area contributed by atoms with Crippen LogP contribution in [-0.2, 0) is 4.74 Å². The van der Waals surface area contributed by atoms with Gasteiger partial charge in [0.05, 0.1) is 30.1 Å². The molecule has 30 heavy (non-hydrogen) atoms. The van der Waals surface area contributed by atoms with Gasteiger partial charge < -0.3 is 4.74 Å². The molecular weight excluding hydrogens is 379 g/mol. The summed E-state index contributed by atoms with van der Waals surface area (Å²) in [6.07, 6.45) is 8.51. The van der Waals surface area contributed by atoms with Crippen LogP contribution in [0.15, 0.2) is 47.6 Å². The maximum absolute atomic E-state index is 13.3. The number of allylic oxidation sites excluding steroid dienone is 1. The molecule has 1 aromatic carbocycles. The molecule has 2 fully saturated rings. The van der Waals surface area contributed by atoms with Gasteiger partial charge in [-0.15, -0.1) is 6.58 Å². The van der Waals surface area contributed by atoms with Gasteiger partial charge >= 0.3 is 0 Å². The zero-order valence-corrected chi connectivity index (χ0v) is 16.5. The van der Waals surface area contributed by atoms with E-state index in [4.69, 9.17) is 4.74 Å². The minimum absolute atomic E-state index is 0. The van der Waals surface area contributed by atoms with E-state index in [0.29, 0.717) is 12.6 Å². The number of hydrogen-bond acceptors (Lipinski definition) is 5. The Bertz CT molecular complexity index is 761. The molecule has 3 aliphatic rings. The Morgan fingerprint density at radius 1 is 1.27 bits per heavy atom. The van der Waals surface area contributed by atoms with Crippen LogP contribution in [0.3, 0.4) is 0 Å². The molecule has 0 aromatic heterocycles. The minimum Gasteiger partial charge on any atom is -0.368 e. The molecule has 0 amide bonds. The molecule has 0 aliphatic carbocycles. The molecule has 0 saturated carbocycles. The molecule has 3 aliphatic heterocycles. The summed E-state index contributed by atoms with van der Waals surface area (Å²) in [5.41, 5.74) is 6.11. The van der Waals surface area contributed by atoms with Gasteiger partial charge in [0.1, 0.15) is 12.2 Å². The van der Waals surface area contributed by atoms with Gasteiger partial charge in [-0.3, -0.25) is 15.3 Å². The van der Waals surface area contributed by atoms with Crippen LogP contribution < -0.4 is 5.43 Å². The molecule has 1 aromatic rings. The second kappa shape index (κ2) is 10.7. The Morgan fingerprint density at radius 3 is 2.73 bits per heavy atom. The van der Waals surface area contributed by atoms with E-state index in [9.17, 15) is 4.39 Å². The lowest BCUT2D eigenvalue weighted by atomic mass is 10.0. The molecule has 5 nitrogen and oxygen atoms in total. The fourth-order valence-corrected chi connectivity index (χ4v) is 4.54. The van der Waals surface area contributed by atoms with Gasteiger partial charge in [-0.05, 0) is 43.5 Å². The third-order valence-electron chi connectivity index (χ3n) is 5.95. The van der Waals surface area contributed by atoms with Crippen molar-refractivity contribution >= 4 is 12.0 Å². The largest absolute Gasteiger partial charge is 0.368 e. The van der Waals surface area contributed by atoms with E-state index in [1.54, 1.807) is 18.5 Å². The van der Waals surface area contributed by atoms with E-state index in [1.165, 1.54) is 25.0 Å². The van der Waals surface area contributed by atoms with Crippen molar-refractivity contribution in [1.82, 2.24) is 15.3 Å². The van der Waals surface area contributed by atoms with Crippen LogP contribution >= 0.6 is 0 Å². The van der Waals surface area contributed by atoms with Gasteiger partial charge in [0.2, 0.25) is 0 Å². The molecule has 0 radical (unpaired) electrons. The second-order valence-electron chi connectivity index (χ2n) is 7.74. The molecule has 2 saturated heterocycles. The molecule has 1 N–H and O–H groups in total. The third kappa shape index (κ3) is 4.76. The number of nitrogens with zero attached hydrogens (tertiary/aromatic N) is 3. The summed E-state index contributed by atoms with van der Waals surface area (Å²) < 4.78 is 19.6. The van der Waals surface area contributed by atoms with Crippen molar-refractivity contribution in [2.45, 2.75) is 65.6 Å². The second-order valence-corrected chi connectivity index (χ2v) is 7.74. The zero-order valence-electron chi connectivity index (χ0n) is 16.5. The fraction of sp³-hybridized carbons (Fsp3) is 0.542. The summed E-state index contributed by atoms with van der Waals surface area (Å²) in [7, 11) is 0. The highest BCUT2D eigenvalue weighted by atomic mass is 19.1. The Labute approximate surface area is 181 Å². The quantitative estimate of drug-likeness (QED) is 0.646. The van der Waals surface area contributed by atoms with Gasteiger partial charge in [0.25, 0.3) is 0 Å². The van der Waals surface area contributed by atoms with E-state index in [0.717, 1.165) is 42.9 Å². The fourth-order valence-electron chi connectivity index (χ4n) is 4.54. The normalized spacial score (nSPS) is 23.6. The summed E-state index contributed by atoms with van der Waals surface area (Å²) in [6.45, 7) is 8.57. The lowest BCUT2D eigenvalue weighted by Crippen LogP contribution is -2.56. The van der Waals surface area contributed by atoms with Crippen molar-refractivity contribution in [3.05, 3.63) is 54.0 Å². The maximum atomic E-state index is 13.3. The number of hydrogen-bond donors (Lipinski definition) is 1. The van der Waals surface area contributed by atoms with Crippen molar-refractivity contribution < 1.29 is 9.13 Å². The monoisotopic (exact) mass is 416 g/mol. The maximum Gasteiger partial charge on any atom is 0.123 e. The Hall–Kier alpha value is -2.18. The van der Waals surface area contributed by atoms with Crippen LogP contribution in [0.2, 0.25) is 0 Å². The molecule has 166 valence electrons. The van der Waals surface area contributed by atoms with Crippen molar-refractivity contribution in [3.63, 3.8) is 0 Å². The van der Waals surface area contributed by atoms with Crippen LogP contribution in [0.5, 0.6) is 0 Å². The number of morpholine rings is 1. The molecule has 6 heteroatoms. The molecule has 4 rings (SSSR count). The first kappa shape index (κ1) is 24.1. The van der Waals surface area contributed by atoms with Crippen molar-refractivity contribution in [2.75, 3.05) is 19.7 Å². The first-order chi connectivity index (χ1) is 13.7. The number of hydrazine groups is 1. The van der Waals surface area contributed by atoms with Gasteiger partial charge in [0, 0.05) is 24.7 Å². The smallest absolute Gasteiger partial charge is 0.123 e. The molecule has 3 atom stereocenters. The highest BCUT2D eigenvalue weighted by molar-refractivity contribution is 5.77. The summed E-state index contributed by atoms with van der Waals surface area (Å²) in [5.74, 6) is -0.239. The van der Waals surface area contributed by atoms with E-state index in [-0.39, 0.29) is 32.8 Å². The summed E-state index contributed by atoms with van der Waals surface area (Å²) in [4.78, 5) is 7.11. The molecule has 3 heterocycles. The lowest BCUT2D eigenvalue weighted by molar-refractivity contribution is -0.0276. The van der Waals surface area contributed by atoms with Crippen LogP contribution in [-0.4, -0.2) is 54.1 Å². The number of benzene rings is 1. The highest BCUT2D eigenvalue weighted by Crippen LogP contribution is 2.34. The summed E-state index contributed by atoms with van der Waals surface area (Å²) in [6, 6.07) is 7.32. The highest BCUT2D eigenvalue weighted by Gasteiger charge is 2.44. The average molecular weight is 417 g/mol. The number of aliphatic imine (C=N–C) groups is 1. The molecule has 0 spiro atoms. The Balaban J connectivity index is 0.00000160. The van der Waals surface area contributed by atoms with Crippen LogP contribution in [0, 0.1) is 5.82 Å². The lowest BCUT2D eigenvalue weighted by Gasteiger charge is -2.42. The van der Waals surface area contributed by atoms with E-state index in [1.807, 2.05) is 6.08 Å². The number of halogens is 1. The number of ether oxygens (including phenoxy) is 1. The topological polar surface area (TPSA) is 40.1 Å². The van der Waals surface area contributed by atoms with Crippen LogP contribution in [0.4, 0.5) is 4.39 Å². The zero-order chi connectivity index (χ0) is 19.5. The molecular formula is C24H37FN4O. The van der Waals surface area contributed by atoms with Crippen LogP contribution in [0.1, 0.15) is 53.0 Å². The first-order valence-corrected chi connectivity index (χ1v) is 10.2. The number of fused-ring (bicyclic) bond motifs is 3. The van der Waals surface area contributed by atoms with Crippen LogP contribution in [0.25, 0.3) is 5.70 Å². The predicted octanol–water partition coefficient (Wildman–Crippen LogP) is 4.83. The average Bonchev–Trinajstić information content (AvgIpc) is 3.16. The van der Waals surface area contributed by atoms with Gasteiger partial charge in [0.15, 0.2) is 0 Å². The third-order valence-corrected chi connectivity index (χ3v) is 5.95. The number of likely N-dealkylation sites (tertiary alicyclic amines) is 1. The van der Waals surface area contributed by atoms with Crippen molar-refractivity contribution in [3.8, 4) is 0 Å². The SMILES string of the molecule is C.C.C=CCCC(CCC)N1C[C@@H]2OCC3=C(c4ccc(F)cc4)N=CNN3[C@H]2C1. The van der Waals surface area contributed by atoms with Crippen molar-refractivity contribution in [1.29, 1.82) is 0 Å². The van der Waals surface area contributed by atoms with Gasteiger partial charge in [-0.2, -0.15) is 0 Å². The standard InChI is InChI=1S/C22H29FN4O.2CH4/c1-3-5-7-18(6-4-2)26-12-19-21(13-26)28-14-20-22(24-15-25-27(19)20)16-8-10-17(23)11-9-16;;/h3,8-11,15,18-19,21H,1,4-7,12-14H2,2H3,(H,24,25);2*1H4/t18?,19-,21-;;/m0../s1. The Kier molecular flexibility index (Phi) is 8.62. The predicted molar refractivity (Wildman–Crippen MR) is 123 cm³/mol. The van der Waals surface area contributed by atoms with E-state index < -0.39 is 0 Å².